The lowest BCUT2D eigenvalue weighted by atomic mass is 10.2. The number of nitrogens with zero attached hydrogens (tertiary/aromatic N) is 6. The van der Waals surface area contributed by atoms with Crippen molar-refractivity contribution in [2.45, 2.75) is 30.9 Å². The van der Waals surface area contributed by atoms with Gasteiger partial charge in [0.1, 0.15) is 5.75 Å². The predicted molar refractivity (Wildman–Crippen MR) is 136 cm³/mol. The van der Waals surface area contributed by atoms with Crippen molar-refractivity contribution in [2.75, 3.05) is 45.0 Å². The van der Waals surface area contributed by atoms with E-state index in [9.17, 15) is 19.2 Å². The largest absolute Gasteiger partial charge is 0.611 e. The maximum Gasteiger partial charge on any atom is 0.332 e. The molecule has 1 N–H and O–H groups in total. The first-order valence-corrected chi connectivity index (χ1v) is 13.2. The van der Waals surface area contributed by atoms with E-state index in [1.165, 1.54) is 17.9 Å². The molecule has 190 valence electrons. The van der Waals surface area contributed by atoms with Gasteiger partial charge in [0.25, 0.3) is 5.56 Å². The average molecular weight is 503 g/mol. The monoisotopic (exact) mass is 502 g/mol. The summed E-state index contributed by atoms with van der Waals surface area (Å²) in [5.74, 6) is 0.659. The minimum Gasteiger partial charge on any atom is -0.611 e. The zero-order chi connectivity index (χ0) is 25.1. The van der Waals surface area contributed by atoms with Gasteiger partial charge in [-0.3, -0.25) is 18.8 Å². The van der Waals surface area contributed by atoms with Crippen molar-refractivity contribution < 1.29 is 9.66 Å². The minimum atomic E-state index is -0.965. The van der Waals surface area contributed by atoms with Gasteiger partial charge < -0.3 is 19.1 Å². The molecule has 1 aliphatic rings. The zero-order valence-corrected chi connectivity index (χ0v) is 21.4. The van der Waals surface area contributed by atoms with Gasteiger partial charge >= 0.3 is 5.69 Å². The number of aliphatic hydroxyl groups excluding tert-OH is 1. The molecule has 1 fully saturated rings. The van der Waals surface area contributed by atoms with Crippen LogP contribution < -0.4 is 11.2 Å². The third-order valence-electron chi connectivity index (χ3n) is 6.62. The summed E-state index contributed by atoms with van der Waals surface area (Å²) in [4.78, 5) is 34.4. The van der Waals surface area contributed by atoms with E-state index >= 15 is 0 Å². The lowest BCUT2D eigenvalue weighted by Gasteiger charge is -2.35. The Morgan fingerprint density at radius 1 is 1.09 bits per heavy atom. The molecule has 0 radical (unpaired) electrons. The van der Waals surface area contributed by atoms with Gasteiger partial charge in [-0.25, -0.2) is 9.78 Å². The number of fused-ring (bicyclic) bond motifs is 1. The van der Waals surface area contributed by atoms with Gasteiger partial charge in [0.05, 0.1) is 19.0 Å². The van der Waals surface area contributed by atoms with Crippen LogP contribution >= 0.6 is 0 Å². The van der Waals surface area contributed by atoms with Crippen molar-refractivity contribution in [2.24, 2.45) is 14.1 Å². The van der Waals surface area contributed by atoms with Gasteiger partial charge in [-0.05, 0) is 35.8 Å². The summed E-state index contributed by atoms with van der Waals surface area (Å²) in [6.07, 6.45) is 1.72. The first-order chi connectivity index (χ1) is 16.7. The molecule has 2 unspecified atom stereocenters. The summed E-state index contributed by atoms with van der Waals surface area (Å²) in [6.45, 7) is 7.15. The van der Waals surface area contributed by atoms with Crippen LogP contribution in [0.25, 0.3) is 11.2 Å². The average Bonchev–Trinajstić information content (AvgIpc) is 3.26. The van der Waals surface area contributed by atoms with E-state index in [4.69, 9.17) is 0 Å². The van der Waals surface area contributed by atoms with Crippen molar-refractivity contribution in [3.63, 3.8) is 0 Å². The maximum absolute atomic E-state index is 12.6. The zero-order valence-electron chi connectivity index (χ0n) is 20.6. The second kappa shape index (κ2) is 11.1. The predicted octanol–water partition coefficient (Wildman–Crippen LogP) is -0.0815. The summed E-state index contributed by atoms with van der Waals surface area (Å²) in [7, 11) is 3.02. The standard InChI is InChI=1S/C24H34N6O4S/c1-18-6-4-7-20(14-18)35(34)13-5-8-28-9-11-29(12-10-28)15-19(31)16-30-17-25-22-21(30)23(32)27(3)24(33)26(22)2/h4,6-7,14,17,19,31H,5,8-13,15-16H2,1-3H3. The Bertz CT molecular complexity index is 1280. The van der Waals surface area contributed by atoms with Crippen LogP contribution in [0.1, 0.15) is 12.0 Å². The van der Waals surface area contributed by atoms with Crippen molar-refractivity contribution in [1.82, 2.24) is 28.5 Å². The number of rotatable bonds is 9. The van der Waals surface area contributed by atoms with E-state index in [0.717, 1.165) is 54.2 Å². The minimum absolute atomic E-state index is 0.231. The Kier molecular flexibility index (Phi) is 8.12. The summed E-state index contributed by atoms with van der Waals surface area (Å²) in [5.41, 5.74) is 0.935. The normalized spacial score (nSPS) is 17.2. The van der Waals surface area contributed by atoms with Crippen LogP contribution in [0, 0.1) is 6.92 Å². The van der Waals surface area contributed by atoms with Crippen LogP contribution in [0.3, 0.4) is 0 Å². The summed E-state index contributed by atoms with van der Waals surface area (Å²) in [5, 5.41) is 10.7. The highest BCUT2D eigenvalue weighted by atomic mass is 32.2. The van der Waals surface area contributed by atoms with Crippen LogP contribution in [-0.2, 0) is 31.8 Å². The quantitative estimate of drug-likeness (QED) is 0.407. The van der Waals surface area contributed by atoms with Crippen LogP contribution in [0.5, 0.6) is 0 Å². The topological polar surface area (TPSA) is 112 Å². The smallest absolute Gasteiger partial charge is 0.332 e. The molecule has 0 bridgehead atoms. The van der Waals surface area contributed by atoms with Crippen molar-refractivity contribution in [3.8, 4) is 0 Å². The molecular formula is C24H34N6O4S. The van der Waals surface area contributed by atoms with Gasteiger partial charge in [-0.15, -0.1) is 0 Å². The molecule has 1 saturated heterocycles. The van der Waals surface area contributed by atoms with Crippen molar-refractivity contribution in [1.29, 1.82) is 0 Å². The Hall–Kier alpha value is -2.44. The maximum atomic E-state index is 12.6. The number of hydrogen-bond acceptors (Lipinski definition) is 7. The Morgan fingerprint density at radius 2 is 1.80 bits per heavy atom. The molecule has 2 atom stereocenters. The van der Waals surface area contributed by atoms with Gasteiger partial charge in [-0.1, -0.05) is 12.1 Å². The van der Waals surface area contributed by atoms with E-state index < -0.39 is 28.5 Å². The van der Waals surface area contributed by atoms with Crippen LogP contribution in [0.2, 0.25) is 0 Å². The van der Waals surface area contributed by atoms with Crippen molar-refractivity contribution >= 4 is 22.3 Å². The molecule has 2 aromatic heterocycles. The molecule has 0 aliphatic carbocycles. The van der Waals surface area contributed by atoms with E-state index in [-0.39, 0.29) is 6.54 Å². The molecular weight excluding hydrogens is 468 g/mol. The lowest BCUT2D eigenvalue weighted by Crippen LogP contribution is -2.49. The summed E-state index contributed by atoms with van der Waals surface area (Å²) >= 11 is -0.965. The Labute approximate surface area is 207 Å². The van der Waals surface area contributed by atoms with E-state index in [2.05, 4.69) is 14.8 Å². The number of piperazine rings is 1. The molecule has 3 heterocycles. The molecule has 0 spiro atoms. The highest BCUT2D eigenvalue weighted by molar-refractivity contribution is 7.91. The number of β-amino-alcohol motifs (C(OH)–C–C–N with tert-alkyl or cyclic N) is 1. The van der Waals surface area contributed by atoms with E-state index in [1.54, 1.807) is 11.6 Å². The van der Waals surface area contributed by atoms with Gasteiger partial charge in [-0.2, -0.15) is 0 Å². The number of aromatic nitrogens is 4. The number of benzene rings is 1. The molecule has 11 heteroatoms. The summed E-state index contributed by atoms with van der Waals surface area (Å²) in [6, 6.07) is 7.89. The molecule has 1 aromatic carbocycles. The third-order valence-corrected chi connectivity index (χ3v) is 8.05. The van der Waals surface area contributed by atoms with Gasteiger partial charge in [0.15, 0.2) is 16.1 Å². The lowest BCUT2D eigenvalue weighted by molar-refractivity contribution is 0.0650. The second-order valence-corrected chi connectivity index (χ2v) is 10.9. The number of aliphatic hydroxyl groups is 1. The summed E-state index contributed by atoms with van der Waals surface area (Å²) < 4.78 is 16.5. The van der Waals surface area contributed by atoms with Crippen LogP contribution in [0.15, 0.2) is 45.1 Å². The first kappa shape index (κ1) is 25.6. The number of hydrogen-bond donors (Lipinski definition) is 1. The van der Waals surface area contributed by atoms with Crippen molar-refractivity contribution in [3.05, 3.63) is 57.0 Å². The molecule has 3 aromatic rings. The highest BCUT2D eigenvalue weighted by Crippen LogP contribution is 2.14. The molecule has 10 nitrogen and oxygen atoms in total. The Balaban J connectivity index is 1.24. The Morgan fingerprint density at radius 3 is 2.51 bits per heavy atom. The molecule has 35 heavy (non-hydrogen) atoms. The number of imidazole rings is 1. The number of aryl methyl sites for hydroxylation is 2. The highest BCUT2D eigenvalue weighted by Gasteiger charge is 2.22. The fourth-order valence-electron chi connectivity index (χ4n) is 4.61. The van der Waals surface area contributed by atoms with Crippen LogP contribution in [-0.4, -0.2) is 89.3 Å². The van der Waals surface area contributed by atoms with Gasteiger partial charge in [0, 0.05) is 59.8 Å². The fourth-order valence-corrected chi connectivity index (χ4v) is 5.78. The van der Waals surface area contributed by atoms with E-state index in [0.29, 0.717) is 23.5 Å². The molecule has 0 amide bonds. The van der Waals surface area contributed by atoms with Crippen LogP contribution in [0.4, 0.5) is 0 Å². The SMILES string of the molecule is Cc1cccc([S+]([O-])CCCN2CCN(CC(O)Cn3cnc4c3c(=O)n(C)c(=O)n4C)CC2)c1. The first-order valence-electron chi connectivity index (χ1n) is 11.9. The van der Waals surface area contributed by atoms with Gasteiger partial charge in [0.2, 0.25) is 0 Å². The fraction of sp³-hybridized carbons (Fsp3) is 0.542. The second-order valence-electron chi connectivity index (χ2n) is 9.29. The van der Waals surface area contributed by atoms with E-state index in [1.807, 2.05) is 31.2 Å². The molecule has 4 rings (SSSR count). The molecule has 1 aliphatic heterocycles. The molecule has 0 saturated carbocycles. The third kappa shape index (κ3) is 5.87.